The van der Waals surface area contributed by atoms with Gasteiger partial charge in [-0.05, 0) is 30.2 Å². The maximum Gasteiger partial charge on any atom is 0.238 e. The molecule has 0 saturated heterocycles. The zero-order valence-corrected chi connectivity index (χ0v) is 11.6. The molecule has 1 aromatic heterocycles. The SMILES string of the molecule is O=C(Nc1cccnc1)C(Br)Cc1ccccc1F. The highest BCUT2D eigenvalue weighted by molar-refractivity contribution is 9.10. The number of nitrogens with one attached hydrogen (secondary N) is 1. The van der Waals surface area contributed by atoms with Crippen LogP contribution in [0.15, 0.2) is 48.8 Å². The number of carbonyl (C=O) groups is 1. The van der Waals surface area contributed by atoms with Gasteiger partial charge in [-0.15, -0.1) is 0 Å². The molecular formula is C14H12BrFN2O. The molecule has 0 aliphatic rings. The Morgan fingerprint density at radius 3 is 2.79 bits per heavy atom. The molecule has 0 aliphatic heterocycles. The van der Waals surface area contributed by atoms with Crippen LogP contribution in [0.4, 0.5) is 10.1 Å². The number of anilines is 1. The lowest BCUT2D eigenvalue weighted by molar-refractivity contribution is -0.115. The Morgan fingerprint density at radius 1 is 1.32 bits per heavy atom. The van der Waals surface area contributed by atoms with Gasteiger partial charge in [-0.25, -0.2) is 4.39 Å². The highest BCUT2D eigenvalue weighted by Crippen LogP contribution is 2.15. The summed E-state index contributed by atoms with van der Waals surface area (Å²) >= 11 is 3.27. The van der Waals surface area contributed by atoms with Gasteiger partial charge in [0.05, 0.1) is 16.7 Å². The fraction of sp³-hybridized carbons (Fsp3) is 0.143. The van der Waals surface area contributed by atoms with E-state index in [2.05, 4.69) is 26.2 Å². The van der Waals surface area contributed by atoms with Gasteiger partial charge in [-0.1, -0.05) is 34.1 Å². The van der Waals surface area contributed by atoms with E-state index in [4.69, 9.17) is 0 Å². The van der Waals surface area contributed by atoms with Gasteiger partial charge in [0.15, 0.2) is 0 Å². The number of hydrogen-bond acceptors (Lipinski definition) is 2. The molecule has 0 radical (unpaired) electrons. The standard InChI is InChI=1S/C14H12BrFN2O/c15-12(8-10-4-1-2-6-13(10)16)14(19)18-11-5-3-7-17-9-11/h1-7,9,12H,8H2,(H,18,19). The van der Waals surface area contributed by atoms with Gasteiger partial charge in [-0.2, -0.15) is 0 Å². The average molecular weight is 323 g/mol. The minimum absolute atomic E-state index is 0.226. The smallest absolute Gasteiger partial charge is 0.238 e. The van der Waals surface area contributed by atoms with E-state index in [0.717, 1.165) is 0 Å². The summed E-state index contributed by atoms with van der Waals surface area (Å²) in [4.78, 5) is 15.3. The van der Waals surface area contributed by atoms with E-state index < -0.39 is 4.83 Å². The van der Waals surface area contributed by atoms with Crippen molar-refractivity contribution in [2.24, 2.45) is 0 Å². The third-order valence-electron chi connectivity index (χ3n) is 2.57. The second-order valence-electron chi connectivity index (χ2n) is 3.99. The van der Waals surface area contributed by atoms with Gasteiger partial charge in [0, 0.05) is 6.20 Å². The predicted octanol–water partition coefficient (Wildman–Crippen LogP) is 3.17. The highest BCUT2D eigenvalue weighted by atomic mass is 79.9. The number of benzene rings is 1. The third-order valence-corrected chi connectivity index (χ3v) is 3.31. The maximum absolute atomic E-state index is 13.5. The topological polar surface area (TPSA) is 42.0 Å². The summed E-state index contributed by atoms with van der Waals surface area (Å²) in [5.41, 5.74) is 1.12. The summed E-state index contributed by atoms with van der Waals surface area (Å²) in [6.45, 7) is 0. The number of halogens is 2. The highest BCUT2D eigenvalue weighted by Gasteiger charge is 2.17. The van der Waals surface area contributed by atoms with Crippen LogP contribution in [0.25, 0.3) is 0 Å². The van der Waals surface area contributed by atoms with Gasteiger partial charge in [0.1, 0.15) is 5.82 Å². The minimum Gasteiger partial charge on any atom is -0.324 e. The average Bonchev–Trinajstić information content (AvgIpc) is 2.42. The Bertz CT molecular complexity index is 562. The van der Waals surface area contributed by atoms with E-state index in [1.165, 1.54) is 6.07 Å². The summed E-state index contributed by atoms with van der Waals surface area (Å²) < 4.78 is 13.5. The molecule has 98 valence electrons. The lowest BCUT2D eigenvalue weighted by Crippen LogP contribution is -2.25. The van der Waals surface area contributed by atoms with Crippen molar-refractivity contribution in [2.45, 2.75) is 11.2 Å². The molecule has 5 heteroatoms. The molecular weight excluding hydrogens is 311 g/mol. The van der Waals surface area contributed by atoms with Crippen LogP contribution in [0, 0.1) is 5.82 Å². The first-order valence-electron chi connectivity index (χ1n) is 5.75. The summed E-state index contributed by atoms with van der Waals surface area (Å²) in [6.07, 6.45) is 3.47. The summed E-state index contributed by atoms with van der Waals surface area (Å²) in [5, 5.41) is 2.71. The summed E-state index contributed by atoms with van der Waals surface area (Å²) in [7, 11) is 0. The molecule has 3 nitrogen and oxygen atoms in total. The number of carbonyl (C=O) groups excluding carboxylic acids is 1. The van der Waals surface area contributed by atoms with Crippen molar-refractivity contribution in [3.05, 3.63) is 60.2 Å². The molecule has 19 heavy (non-hydrogen) atoms. The fourth-order valence-electron chi connectivity index (χ4n) is 1.61. The van der Waals surface area contributed by atoms with Crippen molar-refractivity contribution < 1.29 is 9.18 Å². The summed E-state index contributed by atoms with van der Waals surface area (Å²) in [5.74, 6) is -0.530. The Hall–Kier alpha value is -1.75. The van der Waals surface area contributed by atoms with E-state index in [-0.39, 0.29) is 11.7 Å². The van der Waals surface area contributed by atoms with Crippen molar-refractivity contribution in [2.75, 3.05) is 5.32 Å². The molecule has 1 amide bonds. The lowest BCUT2D eigenvalue weighted by Gasteiger charge is -2.11. The van der Waals surface area contributed by atoms with Crippen LogP contribution < -0.4 is 5.32 Å². The Kier molecular flexibility index (Phi) is 4.63. The van der Waals surface area contributed by atoms with Crippen LogP contribution in [-0.4, -0.2) is 15.7 Å². The Balaban J connectivity index is 1.98. The van der Waals surface area contributed by atoms with Gasteiger partial charge in [-0.3, -0.25) is 9.78 Å². The Morgan fingerprint density at radius 2 is 2.11 bits per heavy atom. The minimum atomic E-state index is -0.496. The van der Waals surface area contributed by atoms with E-state index in [1.54, 1.807) is 42.7 Å². The number of rotatable bonds is 4. The van der Waals surface area contributed by atoms with Crippen LogP contribution in [0.1, 0.15) is 5.56 Å². The molecule has 0 spiro atoms. The second kappa shape index (κ2) is 6.43. The molecule has 0 aliphatic carbocycles. The number of amides is 1. The normalized spacial score (nSPS) is 11.9. The largest absolute Gasteiger partial charge is 0.324 e. The maximum atomic E-state index is 13.5. The molecule has 1 aromatic carbocycles. The molecule has 1 unspecified atom stereocenters. The van der Waals surface area contributed by atoms with Crippen molar-refractivity contribution in [1.82, 2.24) is 4.98 Å². The zero-order valence-electron chi connectivity index (χ0n) is 10.0. The Labute approximate surface area is 119 Å². The van der Waals surface area contributed by atoms with Crippen LogP contribution in [0.3, 0.4) is 0 Å². The zero-order chi connectivity index (χ0) is 13.7. The van der Waals surface area contributed by atoms with Gasteiger partial charge >= 0.3 is 0 Å². The van der Waals surface area contributed by atoms with Crippen LogP contribution >= 0.6 is 15.9 Å². The van der Waals surface area contributed by atoms with E-state index in [1.807, 2.05) is 0 Å². The molecule has 0 saturated carbocycles. The van der Waals surface area contributed by atoms with E-state index >= 15 is 0 Å². The molecule has 1 atom stereocenters. The van der Waals surface area contributed by atoms with Gasteiger partial charge < -0.3 is 5.32 Å². The van der Waals surface area contributed by atoms with Crippen LogP contribution in [0.5, 0.6) is 0 Å². The predicted molar refractivity (Wildman–Crippen MR) is 75.7 cm³/mol. The van der Waals surface area contributed by atoms with E-state index in [0.29, 0.717) is 17.7 Å². The fourth-order valence-corrected chi connectivity index (χ4v) is 2.07. The molecule has 2 aromatic rings. The number of pyridine rings is 1. The number of aromatic nitrogens is 1. The van der Waals surface area contributed by atoms with Gasteiger partial charge in [0.25, 0.3) is 0 Å². The van der Waals surface area contributed by atoms with Gasteiger partial charge in [0.2, 0.25) is 5.91 Å². The van der Waals surface area contributed by atoms with Crippen molar-refractivity contribution in [1.29, 1.82) is 0 Å². The third kappa shape index (κ3) is 3.86. The quantitative estimate of drug-likeness (QED) is 0.878. The second-order valence-corrected chi connectivity index (χ2v) is 5.10. The monoisotopic (exact) mass is 322 g/mol. The molecule has 1 heterocycles. The van der Waals surface area contributed by atoms with Crippen LogP contribution in [-0.2, 0) is 11.2 Å². The summed E-state index contributed by atoms with van der Waals surface area (Å²) in [6, 6.07) is 9.90. The first-order valence-corrected chi connectivity index (χ1v) is 6.67. The number of nitrogens with zero attached hydrogens (tertiary/aromatic N) is 1. The first kappa shape index (κ1) is 13.7. The van der Waals surface area contributed by atoms with E-state index in [9.17, 15) is 9.18 Å². The molecule has 2 rings (SSSR count). The molecule has 1 N–H and O–H groups in total. The van der Waals surface area contributed by atoms with Crippen LogP contribution in [0.2, 0.25) is 0 Å². The number of hydrogen-bond donors (Lipinski definition) is 1. The molecule has 0 fully saturated rings. The lowest BCUT2D eigenvalue weighted by atomic mass is 10.1. The molecule has 0 bridgehead atoms. The van der Waals surface area contributed by atoms with Crippen molar-refractivity contribution in [3.63, 3.8) is 0 Å². The van der Waals surface area contributed by atoms with Crippen molar-refractivity contribution in [3.8, 4) is 0 Å². The van der Waals surface area contributed by atoms with Crippen molar-refractivity contribution >= 4 is 27.5 Å². The first-order chi connectivity index (χ1) is 9.16. The number of alkyl halides is 1.